The largest absolute Gasteiger partial charge is 0.506 e. The molecule has 2 aromatic carbocycles. The molecular formula is C23H32N2O5S. The molecule has 8 heteroatoms. The van der Waals surface area contributed by atoms with E-state index in [1.165, 1.54) is 24.1 Å². The van der Waals surface area contributed by atoms with Gasteiger partial charge in [-0.2, -0.15) is 0 Å². The Balaban J connectivity index is 1.71. The van der Waals surface area contributed by atoms with Gasteiger partial charge in [0, 0.05) is 12.1 Å². The molecule has 0 radical (unpaired) electrons. The second-order valence-electron chi connectivity index (χ2n) is 8.41. The van der Waals surface area contributed by atoms with Gasteiger partial charge in [0.1, 0.15) is 11.5 Å². The molecule has 0 spiro atoms. The minimum Gasteiger partial charge on any atom is -0.506 e. The average Bonchev–Trinajstić information content (AvgIpc) is 2.74. The molecule has 0 saturated heterocycles. The number of rotatable bonds is 9. The van der Waals surface area contributed by atoms with Gasteiger partial charge in [-0.15, -0.1) is 0 Å². The number of ether oxygens (including phenoxy) is 1. The molecule has 0 heterocycles. The van der Waals surface area contributed by atoms with Crippen molar-refractivity contribution < 1.29 is 23.4 Å². The number of methoxy groups -OCH3 is 1. The Labute approximate surface area is 184 Å². The summed E-state index contributed by atoms with van der Waals surface area (Å²) in [6.45, 7) is 0.333. The van der Waals surface area contributed by atoms with Crippen molar-refractivity contribution in [1.29, 1.82) is 0 Å². The van der Waals surface area contributed by atoms with E-state index in [0.29, 0.717) is 12.1 Å². The summed E-state index contributed by atoms with van der Waals surface area (Å²) in [6.07, 6.45) is 6.60. The molecule has 1 aliphatic rings. The van der Waals surface area contributed by atoms with Crippen molar-refractivity contribution in [2.45, 2.75) is 50.2 Å². The van der Waals surface area contributed by atoms with Crippen molar-refractivity contribution in [3.8, 4) is 11.5 Å². The average molecular weight is 449 g/mol. The maximum atomic E-state index is 11.5. The highest BCUT2D eigenvalue weighted by Gasteiger charge is 2.32. The number of nitrogens with one attached hydrogen (secondary N) is 2. The Morgan fingerprint density at radius 2 is 1.77 bits per heavy atom. The first kappa shape index (κ1) is 23.4. The quantitative estimate of drug-likeness (QED) is 0.438. The van der Waals surface area contributed by atoms with Crippen LogP contribution in [0.25, 0.3) is 0 Å². The van der Waals surface area contributed by atoms with Crippen LogP contribution in [-0.2, 0) is 16.4 Å². The molecular weight excluding hydrogens is 416 g/mol. The molecule has 3 rings (SSSR count). The second-order valence-corrected chi connectivity index (χ2v) is 10.2. The number of phenols is 1. The molecule has 2 aromatic rings. The van der Waals surface area contributed by atoms with E-state index >= 15 is 0 Å². The Morgan fingerprint density at radius 1 is 1.10 bits per heavy atom. The summed E-state index contributed by atoms with van der Waals surface area (Å²) in [7, 11) is -1.88. The highest BCUT2D eigenvalue weighted by atomic mass is 32.2. The lowest BCUT2D eigenvalue weighted by molar-refractivity contribution is 0.140. The first-order valence-corrected chi connectivity index (χ1v) is 12.5. The highest BCUT2D eigenvalue weighted by Crippen LogP contribution is 2.33. The van der Waals surface area contributed by atoms with Crippen LogP contribution in [-0.4, -0.2) is 44.1 Å². The van der Waals surface area contributed by atoms with E-state index in [1.54, 1.807) is 13.2 Å². The number of phenolic OH excluding ortho intramolecular Hbond substituents is 1. The molecule has 1 unspecified atom stereocenters. The minimum atomic E-state index is -3.54. The fourth-order valence-electron chi connectivity index (χ4n) is 4.25. The Bertz CT molecular complexity index is 970. The van der Waals surface area contributed by atoms with Crippen LogP contribution >= 0.6 is 0 Å². The van der Waals surface area contributed by atoms with Crippen molar-refractivity contribution in [3.05, 3.63) is 53.6 Å². The predicted octanol–water partition coefficient (Wildman–Crippen LogP) is 3.34. The molecule has 1 atom stereocenters. The van der Waals surface area contributed by atoms with E-state index in [1.807, 2.05) is 12.1 Å². The van der Waals surface area contributed by atoms with Gasteiger partial charge in [-0.05, 0) is 54.7 Å². The van der Waals surface area contributed by atoms with E-state index in [9.17, 15) is 18.6 Å². The Morgan fingerprint density at radius 3 is 2.39 bits per heavy atom. The van der Waals surface area contributed by atoms with Gasteiger partial charge in [-0.3, -0.25) is 4.72 Å². The van der Waals surface area contributed by atoms with Gasteiger partial charge in [0.05, 0.1) is 25.2 Å². The summed E-state index contributed by atoms with van der Waals surface area (Å²) >= 11 is 0. The number of aliphatic hydroxyl groups is 1. The monoisotopic (exact) mass is 448 g/mol. The topological polar surface area (TPSA) is 108 Å². The minimum absolute atomic E-state index is 0.0599. The van der Waals surface area contributed by atoms with Crippen molar-refractivity contribution in [2.75, 3.05) is 24.6 Å². The zero-order chi connectivity index (χ0) is 22.5. The zero-order valence-corrected chi connectivity index (χ0v) is 18.9. The summed E-state index contributed by atoms with van der Waals surface area (Å²) in [6, 6.07) is 12.6. The summed E-state index contributed by atoms with van der Waals surface area (Å²) in [5, 5.41) is 24.3. The lowest BCUT2D eigenvalue weighted by Crippen LogP contribution is -2.50. The molecule has 0 bridgehead atoms. The molecule has 1 saturated carbocycles. The second kappa shape index (κ2) is 9.89. The number of aliphatic hydroxyl groups excluding tert-OH is 1. The maximum Gasteiger partial charge on any atom is 0.229 e. The third-order valence-corrected chi connectivity index (χ3v) is 6.47. The molecule has 1 fully saturated rings. The van der Waals surface area contributed by atoms with Crippen LogP contribution in [0.1, 0.15) is 49.3 Å². The molecule has 7 nitrogen and oxygen atoms in total. The molecule has 1 aliphatic carbocycles. The van der Waals surface area contributed by atoms with Crippen LogP contribution in [0.3, 0.4) is 0 Å². The van der Waals surface area contributed by atoms with Crippen LogP contribution in [0, 0.1) is 0 Å². The van der Waals surface area contributed by atoms with Crippen LogP contribution in [0.2, 0.25) is 0 Å². The molecule has 170 valence electrons. The van der Waals surface area contributed by atoms with Crippen molar-refractivity contribution in [1.82, 2.24) is 5.32 Å². The van der Waals surface area contributed by atoms with Crippen LogP contribution in [0.4, 0.5) is 5.69 Å². The van der Waals surface area contributed by atoms with Crippen LogP contribution in [0.5, 0.6) is 11.5 Å². The number of benzene rings is 2. The lowest BCUT2D eigenvalue weighted by atomic mass is 9.77. The predicted molar refractivity (Wildman–Crippen MR) is 122 cm³/mol. The number of sulfonamides is 1. The smallest absolute Gasteiger partial charge is 0.229 e. The lowest BCUT2D eigenvalue weighted by Gasteiger charge is -2.39. The maximum absolute atomic E-state index is 11.5. The number of anilines is 1. The zero-order valence-electron chi connectivity index (χ0n) is 18.1. The Kier molecular flexibility index (Phi) is 7.46. The first-order valence-electron chi connectivity index (χ1n) is 10.6. The fraction of sp³-hybridized carbons (Fsp3) is 0.478. The number of aromatic hydroxyl groups is 1. The number of hydrogen-bond donors (Lipinski definition) is 4. The van der Waals surface area contributed by atoms with E-state index in [2.05, 4.69) is 22.2 Å². The van der Waals surface area contributed by atoms with Gasteiger partial charge in [0.25, 0.3) is 0 Å². The molecule has 0 aliphatic heterocycles. The Hall–Kier alpha value is -2.29. The molecule has 4 N–H and O–H groups in total. The molecule has 0 amide bonds. The fourth-order valence-corrected chi connectivity index (χ4v) is 4.82. The third kappa shape index (κ3) is 6.59. The highest BCUT2D eigenvalue weighted by molar-refractivity contribution is 7.92. The van der Waals surface area contributed by atoms with E-state index in [4.69, 9.17) is 4.74 Å². The summed E-state index contributed by atoms with van der Waals surface area (Å²) in [5.74, 6) is 0.647. The van der Waals surface area contributed by atoms with Crippen LogP contribution < -0.4 is 14.8 Å². The number of β-amino-alcohol motifs (C(OH)–C–C–N with tert-alkyl or cyclic N) is 1. The molecule has 31 heavy (non-hydrogen) atoms. The molecule has 0 aromatic heterocycles. The SMILES string of the molecule is COc1ccc(CC2(NCC(O)c3ccc(O)c(NS(C)(=O)=O)c3)CCCCC2)cc1. The first-order chi connectivity index (χ1) is 14.7. The standard InChI is InChI=1S/C23H32N2O5S/c1-30-19-9-6-17(7-10-19)15-23(12-4-3-5-13-23)24-16-22(27)18-8-11-21(26)20(14-18)25-31(2,28)29/h6-11,14,22,24-27H,3-5,12-13,15-16H2,1-2H3. The van der Waals surface area contributed by atoms with Gasteiger partial charge >= 0.3 is 0 Å². The van der Waals surface area contributed by atoms with Gasteiger partial charge in [0.15, 0.2) is 0 Å². The van der Waals surface area contributed by atoms with Gasteiger partial charge in [0.2, 0.25) is 10.0 Å². The summed E-state index contributed by atoms with van der Waals surface area (Å²) < 4.78 is 30.6. The van der Waals surface area contributed by atoms with Gasteiger partial charge in [-0.1, -0.05) is 37.5 Å². The van der Waals surface area contributed by atoms with Crippen molar-refractivity contribution in [3.63, 3.8) is 0 Å². The normalized spacial score (nSPS) is 17.1. The third-order valence-electron chi connectivity index (χ3n) is 5.88. The summed E-state index contributed by atoms with van der Waals surface area (Å²) in [5.41, 5.74) is 1.71. The van der Waals surface area contributed by atoms with E-state index in [-0.39, 0.29) is 17.0 Å². The van der Waals surface area contributed by atoms with Gasteiger partial charge < -0.3 is 20.3 Å². The van der Waals surface area contributed by atoms with E-state index < -0.39 is 16.1 Å². The van der Waals surface area contributed by atoms with Crippen molar-refractivity contribution >= 4 is 15.7 Å². The van der Waals surface area contributed by atoms with Crippen LogP contribution in [0.15, 0.2) is 42.5 Å². The number of hydrogen-bond acceptors (Lipinski definition) is 6. The van der Waals surface area contributed by atoms with E-state index in [0.717, 1.165) is 44.1 Å². The summed E-state index contributed by atoms with van der Waals surface area (Å²) in [4.78, 5) is 0. The van der Waals surface area contributed by atoms with Crippen molar-refractivity contribution in [2.24, 2.45) is 0 Å². The van der Waals surface area contributed by atoms with Gasteiger partial charge in [-0.25, -0.2) is 8.42 Å².